The van der Waals surface area contributed by atoms with Crippen LogP contribution in [0, 0.1) is 17.8 Å². The van der Waals surface area contributed by atoms with E-state index in [1.54, 1.807) is 0 Å². The van der Waals surface area contributed by atoms with Crippen molar-refractivity contribution < 1.29 is 10.2 Å². The third-order valence-electron chi connectivity index (χ3n) is 3.32. The molecule has 0 aromatic rings. The van der Waals surface area contributed by atoms with Gasteiger partial charge >= 0.3 is 0 Å². The molecule has 0 aromatic carbocycles. The van der Waals surface area contributed by atoms with Gasteiger partial charge in [-0.1, -0.05) is 0 Å². The molecule has 0 spiro atoms. The van der Waals surface area contributed by atoms with Crippen LogP contribution >= 0.6 is 11.8 Å². The van der Waals surface area contributed by atoms with Crippen LogP contribution in [0.3, 0.4) is 0 Å². The predicted octanol–water partition coefficient (Wildman–Crippen LogP) is 1.47. The van der Waals surface area contributed by atoms with Crippen molar-refractivity contribution in [1.82, 2.24) is 0 Å². The summed E-state index contributed by atoms with van der Waals surface area (Å²) < 4.78 is 0. The Morgan fingerprint density at radius 2 is 1.46 bits per heavy atom. The fourth-order valence-corrected chi connectivity index (χ4v) is 3.60. The summed E-state index contributed by atoms with van der Waals surface area (Å²) >= 11 is 2.00. The zero-order valence-electron chi connectivity index (χ0n) is 7.85. The molecule has 0 aromatic heterocycles. The molecular weight excluding hydrogens is 184 g/mol. The molecule has 0 radical (unpaired) electrons. The van der Waals surface area contributed by atoms with Crippen molar-refractivity contribution in [2.75, 3.05) is 11.5 Å². The number of aliphatic hydroxyl groups excluding tert-OH is 1. The number of rotatable bonds is 3. The van der Waals surface area contributed by atoms with Crippen LogP contribution in [0.15, 0.2) is 0 Å². The second kappa shape index (κ2) is 4.20. The van der Waals surface area contributed by atoms with E-state index >= 15 is 0 Å². The summed E-state index contributed by atoms with van der Waals surface area (Å²) in [6.45, 7) is 0. The number of aliphatic hydroxyl groups is 2. The van der Waals surface area contributed by atoms with Gasteiger partial charge in [-0.25, -0.2) is 0 Å². The molecule has 1 saturated heterocycles. The Morgan fingerprint density at radius 3 is 1.92 bits per heavy atom. The Bertz CT molecular complexity index is 160. The second-order valence-corrected chi connectivity index (χ2v) is 5.50. The van der Waals surface area contributed by atoms with Crippen molar-refractivity contribution in [3.8, 4) is 0 Å². The summed E-state index contributed by atoms with van der Waals surface area (Å²) in [5.74, 6) is 3.80. The van der Waals surface area contributed by atoms with Gasteiger partial charge in [0.1, 0.15) is 0 Å². The van der Waals surface area contributed by atoms with Crippen molar-refractivity contribution in [2.24, 2.45) is 17.8 Å². The van der Waals surface area contributed by atoms with Gasteiger partial charge in [0.25, 0.3) is 0 Å². The maximum atomic E-state index is 9.32. The van der Waals surface area contributed by atoms with Crippen LogP contribution in [0.5, 0.6) is 0 Å². The Balaban J connectivity index is 1.92. The predicted molar refractivity (Wildman–Crippen MR) is 54.5 cm³/mol. The largest absolute Gasteiger partial charge is 0.368 e. The molecule has 0 amide bonds. The van der Waals surface area contributed by atoms with E-state index in [1.165, 1.54) is 37.2 Å². The average molecular weight is 202 g/mol. The van der Waals surface area contributed by atoms with E-state index in [1.807, 2.05) is 11.8 Å². The van der Waals surface area contributed by atoms with Crippen LogP contribution in [0.2, 0.25) is 0 Å². The van der Waals surface area contributed by atoms with Gasteiger partial charge in [0.2, 0.25) is 0 Å². The molecule has 13 heavy (non-hydrogen) atoms. The molecule has 1 heterocycles. The molecule has 0 bridgehead atoms. The first-order valence-corrected chi connectivity index (χ1v) is 6.38. The Kier molecular flexibility index (Phi) is 3.17. The Hall–Kier alpha value is 0.270. The molecule has 1 unspecified atom stereocenters. The van der Waals surface area contributed by atoms with Gasteiger partial charge in [0.05, 0.1) is 0 Å². The van der Waals surface area contributed by atoms with E-state index in [-0.39, 0.29) is 5.92 Å². The maximum absolute atomic E-state index is 9.32. The zero-order chi connectivity index (χ0) is 9.26. The van der Waals surface area contributed by atoms with Gasteiger partial charge in [0, 0.05) is 5.92 Å². The SMILES string of the molecule is OC(O)C(C1CCSCC1)C1CC1. The van der Waals surface area contributed by atoms with Crippen LogP contribution in [0.25, 0.3) is 0 Å². The van der Waals surface area contributed by atoms with Crippen LogP contribution in [-0.2, 0) is 0 Å². The smallest absolute Gasteiger partial charge is 0.154 e. The summed E-state index contributed by atoms with van der Waals surface area (Å²) in [5, 5.41) is 18.6. The summed E-state index contributed by atoms with van der Waals surface area (Å²) in [6, 6.07) is 0. The minimum Gasteiger partial charge on any atom is -0.368 e. The van der Waals surface area contributed by atoms with E-state index < -0.39 is 6.29 Å². The highest BCUT2D eigenvalue weighted by atomic mass is 32.2. The Morgan fingerprint density at radius 1 is 0.923 bits per heavy atom. The van der Waals surface area contributed by atoms with Crippen LogP contribution in [-0.4, -0.2) is 28.0 Å². The van der Waals surface area contributed by atoms with E-state index in [0.717, 1.165) is 0 Å². The molecule has 2 N–H and O–H groups in total. The highest BCUT2D eigenvalue weighted by Gasteiger charge is 2.40. The molecule has 1 saturated carbocycles. The van der Waals surface area contributed by atoms with Crippen molar-refractivity contribution in [2.45, 2.75) is 32.0 Å². The van der Waals surface area contributed by atoms with Crippen molar-refractivity contribution in [1.29, 1.82) is 0 Å². The molecule has 3 heteroatoms. The lowest BCUT2D eigenvalue weighted by Crippen LogP contribution is -2.31. The van der Waals surface area contributed by atoms with Crippen molar-refractivity contribution in [3.63, 3.8) is 0 Å². The summed E-state index contributed by atoms with van der Waals surface area (Å²) in [7, 11) is 0. The average Bonchev–Trinajstić information content (AvgIpc) is 2.90. The third-order valence-corrected chi connectivity index (χ3v) is 4.37. The van der Waals surface area contributed by atoms with Crippen molar-refractivity contribution in [3.05, 3.63) is 0 Å². The quantitative estimate of drug-likeness (QED) is 0.681. The Labute approximate surface area is 83.7 Å². The molecule has 1 aliphatic carbocycles. The first-order valence-electron chi connectivity index (χ1n) is 5.23. The number of thioether (sulfide) groups is 1. The van der Waals surface area contributed by atoms with E-state index in [4.69, 9.17) is 0 Å². The van der Waals surface area contributed by atoms with Crippen LogP contribution in [0.1, 0.15) is 25.7 Å². The lowest BCUT2D eigenvalue weighted by Gasteiger charge is -2.31. The normalized spacial score (nSPS) is 27.9. The molecule has 1 aliphatic heterocycles. The molecule has 1 atom stereocenters. The summed E-state index contributed by atoms with van der Waals surface area (Å²) in [4.78, 5) is 0. The first-order chi connectivity index (χ1) is 6.29. The van der Waals surface area contributed by atoms with E-state index in [2.05, 4.69) is 0 Å². The van der Waals surface area contributed by atoms with E-state index in [9.17, 15) is 10.2 Å². The number of hydrogen-bond donors (Lipinski definition) is 2. The molecule has 76 valence electrons. The van der Waals surface area contributed by atoms with Gasteiger partial charge in [-0.3, -0.25) is 0 Å². The highest BCUT2D eigenvalue weighted by Crippen LogP contribution is 2.45. The lowest BCUT2D eigenvalue weighted by molar-refractivity contribution is -0.108. The van der Waals surface area contributed by atoms with Gasteiger partial charge in [0.15, 0.2) is 6.29 Å². The molecule has 2 fully saturated rings. The fraction of sp³-hybridized carbons (Fsp3) is 1.00. The standard InChI is InChI=1S/C10H18O2S/c11-10(12)9(7-1-2-7)8-3-5-13-6-4-8/h7-12H,1-6H2. The van der Waals surface area contributed by atoms with E-state index in [0.29, 0.717) is 11.8 Å². The minimum absolute atomic E-state index is 0.181. The van der Waals surface area contributed by atoms with Crippen LogP contribution in [0.4, 0.5) is 0 Å². The molecular formula is C10H18O2S. The monoisotopic (exact) mass is 202 g/mol. The third kappa shape index (κ3) is 2.39. The van der Waals surface area contributed by atoms with Crippen LogP contribution < -0.4 is 0 Å². The summed E-state index contributed by atoms with van der Waals surface area (Å²) in [6.07, 6.45) is 3.73. The highest BCUT2D eigenvalue weighted by molar-refractivity contribution is 7.99. The zero-order valence-corrected chi connectivity index (χ0v) is 8.67. The molecule has 2 nitrogen and oxygen atoms in total. The number of hydrogen-bond acceptors (Lipinski definition) is 3. The van der Waals surface area contributed by atoms with Crippen molar-refractivity contribution >= 4 is 11.8 Å². The summed E-state index contributed by atoms with van der Waals surface area (Å²) in [5.41, 5.74) is 0. The van der Waals surface area contributed by atoms with Gasteiger partial charge in [-0.05, 0) is 49.0 Å². The van der Waals surface area contributed by atoms with Gasteiger partial charge in [-0.2, -0.15) is 11.8 Å². The topological polar surface area (TPSA) is 40.5 Å². The first kappa shape index (κ1) is 9.81. The maximum Gasteiger partial charge on any atom is 0.154 e. The molecule has 2 rings (SSSR count). The lowest BCUT2D eigenvalue weighted by atomic mass is 9.83. The fourth-order valence-electron chi connectivity index (χ4n) is 2.45. The minimum atomic E-state index is -1.07. The van der Waals surface area contributed by atoms with Gasteiger partial charge in [-0.15, -0.1) is 0 Å². The molecule has 2 aliphatic rings. The van der Waals surface area contributed by atoms with Gasteiger partial charge < -0.3 is 10.2 Å². The second-order valence-electron chi connectivity index (χ2n) is 4.28.